The highest BCUT2D eigenvalue weighted by molar-refractivity contribution is 6.32. The van der Waals surface area contributed by atoms with Crippen molar-refractivity contribution in [1.82, 2.24) is 4.98 Å². The average molecular weight is 161 g/mol. The van der Waals surface area contributed by atoms with Crippen LogP contribution in [0.4, 0.5) is 0 Å². The van der Waals surface area contributed by atoms with E-state index in [0.29, 0.717) is 0 Å². The zero-order valence-corrected chi connectivity index (χ0v) is 8.20. The maximum absolute atomic E-state index is 5.85. The highest BCUT2D eigenvalue weighted by atomic mass is 14.7. The predicted octanol–water partition coefficient (Wildman–Crippen LogP) is 1.50. The summed E-state index contributed by atoms with van der Waals surface area (Å²) in [6.07, 6.45) is 3.17. The molecule has 0 aromatic carbocycles. The van der Waals surface area contributed by atoms with E-state index in [9.17, 15) is 0 Å². The summed E-state index contributed by atoms with van der Waals surface area (Å²) in [5.74, 6) is 0. The monoisotopic (exact) mass is 161 g/mol. The van der Waals surface area contributed by atoms with Crippen molar-refractivity contribution in [2.24, 2.45) is 0 Å². The lowest BCUT2D eigenvalue weighted by molar-refractivity contribution is 0.985. The van der Waals surface area contributed by atoms with Crippen LogP contribution < -0.4 is 5.59 Å². The lowest BCUT2D eigenvalue weighted by Crippen LogP contribution is -2.09. The lowest BCUT2D eigenvalue weighted by Gasteiger charge is -2.00. The van der Waals surface area contributed by atoms with Crippen molar-refractivity contribution in [3.05, 3.63) is 16.8 Å². The molecule has 1 N–H and O–H groups in total. The Bertz CT molecular complexity index is 263. The molecule has 0 bridgehead atoms. The first-order valence-corrected chi connectivity index (χ1v) is 4.72. The summed E-state index contributed by atoms with van der Waals surface area (Å²) in [6, 6.07) is 0. The maximum atomic E-state index is 5.85. The van der Waals surface area contributed by atoms with Crippen LogP contribution in [0.1, 0.15) is 37.6 Å². The third-order valence-corrected chi connectivity index (χ3v) is 2.40. The molecule has 2 radical (unpaired) electrons. The minimum absolute atomic E-state index is 0.867. The third kappa shape index (κ3) is 1.43. The molecular formula is C10H16BN. The van der Waals surface area contributed by atoms with Gasteiger partial charge in [-0.3, -0.25) is 0 Å². The van der Waals surface area contributed by atoms with Crippen molar-refractivity contribution in [2.75, 3.05) is 0 Å². The summed E-state index contributed by atoms with van der Waals surface area (Å²) < 4.78 is 0. The maximum Gasteiger partial charge on any atom is 0.138 e. The molecule has 0 spiro atoms. The smallest absolute Gasteiger partial charge is 0.138 e. The minimum Gasteiger partial charge on any atom is -0.372 e. The molecule has 12 heavy (non-hydrogen) atoms. The molecule has 1 aromatic rings. The van der Waals surface area contributed by atoms with Gasteiger partial charge in [0.15, 0.2) is 0 Å². The Hall–Kier alpha value is -0.655. The van der Waals surface area contributed by atoms with Gasteiger partial charge in [-0.25, -0.2) is 0 Å². The summed E-state index contributed by atoms with van der Waals surface area (Å²) in [5, 5.41) is 0. The summed E-state index contributed by atoms with van der Waals surface area (Å²) in [5.41, 5.74) is 4.92. The number of nitrogens with one attached hydrogen (secondary N) is 1. The molecule has 1 aromatic heterocycles. The van der Waals surface area contributed by atoms with Gasteiger partial charge in [0, 0.05) is 5.69 Å². The van der Waals surface area contributed by atoms with Crippen LogP contribution in [0.5, 0.6) is 0 Å². The molecule has 0 aliphatic carbocycles. The molecule has 2 heteroatoms. The van der Waals surface area contributed by atoms with E-state index < -0.39 is 0 Å². The van der Waals surface area contributed by atoms with Gasteiger partial charge in [-0.1, -0.05) is 20.8 Å². The number of aryl methyl sites for hydroxylation is 1. The van der Waals surface area contributed by atoms with Gasteiger partial charge in [0.2, 0.25) is 0 Å². The molecule has 0 fully saturated rings. The van der Waals surface area contributed by atoms with E-state index in [2.05, 4.69) is 25.8 Å². The Morgan fingerprint density at radius 2 is 1.58 bits per heavy atom. The predicted molar refractivity (Wildman–Crippen MR) is 54.3 cm³/mol. The van der Waals surface area contributed by atoms with Crippen molar-refractivity contribution in [3.8, 4) is 0 Å². The zero-order chi connectivity index (χ0) is 9.14. The van der Waals surface area contributed by atoms with Gasteiger partial charge in [0.1, 0.15) is 7.85 Å². The second-order valence-corrected chi connectivity index (χ2v) is 3.03. The topological polar surface area (TPSA) is 15.8 Å². The van der Waals surface area contributed by atoms with Crippen LogP contribution in [0.3, 0.4) is 0 Å². The van der Waals surface area contributed by atoms with Crippen LogP contribution in [0.25, 0.3) is 0 Å². The molecule has 1 nitrogen and oxygen atoms in total. The van der Waals surface area contributed by atoms with Crippen LogP contribution in [-0.2, 0) is 19.3 Å². The highest BCUT2D eigenvalue weighted by Gasteiger charge is 2.09. The van der Waals surface area contributed by atoms with Gasteiger partial charge < -0.3 is 4.98 Å². The van der Waals surface area contributed by atoms with E-state index in [-0.39, 0.29) is 0 Å². The fourth-order valence-corrected chi connectivity index (χ4v) is 1.79. The fourth-order valence-electron chi connectivity index (χ4n) is 1.79. The lowest BCUT2D eigenvalue weighted by atomic mass is 9.94. The summed E-state index contributed by atoms with van der Waals surface area (Å²) in [6.45, 7) is 6.49. The minimum atomic E-state index is 0.867. The molecule has 1 heterocycles. The summed E-state index contributed by atoms with van der Waals surface area (Å²) in [7, 11) is 5.85. The van der Waals surface area contributed by atoms with Crippen molar-refractivity contribution < 1.29 is 0 Å². The number of rotatable bonds is 3. The highest BCUT2D eigenvalue weighted by Crippen LogP contribution is 2.13. The molecule has 1 rings (SSSR count). The molecule has 0 saturated carbocycles. The van der Waals surface area contributed by atoms with Crippen molar-refractivity contribution >= 4 is 13.4 Å². The Morgan fingerprint density at radius 1 is 1.00 bits per heavy atom. The Morgan fingerprint density at radius 3 is 2.00 bits per heavy atom. The molecule has 64 valence electrons. The quantitative estimate of drug-likeness (QED) is 0.646. The molecule has 0 saturated heterocycles. The van der Waals surface area contributed by atoms with E-state index in [4.69, 9.17) is 7.85 Å². The van der Waals surface area contributed by atoms with Crippen LogP contribution in [0, 0.1) is 0 Å². The largest absolute Gasteiger partial charge is 0.372 e. The molecular weight excluding hydrogens is 145 g/mol. The van der Waals surface area contributed by atoms with E-state index in [1.807, 2.05) is 0 Å². The first-order valence-electron chi connectivity index (χ1n) is 4.72. The second kappa shape index (κ2) is 3.84. The van der Waals surface area contributed by atoms with Gasteiger partial charge >= 0.3 is 0 Å². The Balaban J connectivity index is 3.16. The molecule has 0 atom stereocenters. The van der Waals surface area contributed by atoms with Crippen LogP contribution in [0.15, 0.2) is 0 Å². The summed E-state index contributed by atoms with van der Waals surface area (Å²) >= 11 is 0. The first kappa shape index (κ1) is 9.43. The van der Waals surface area contributed by atoms with E-state index in [0.717, 1.165) is 24.9 Å². The number of aromatic nitrogens is 1. The van der Waals surface area contributed by atoms with E-state index in [1.165, 1.54) is 16.8 Å². The first-order chi connectivity index (χ1) is 5.74. The van der Waals surface area contributed by atoms with Gasteiger partial charge in [-0.05, 0) is 36.0 Å². The van der Waals surface area contributed by atoms with E-state index >= 15 is 0 Å². The SMILES string of the molecule is [B]c1[nH]c(CC)c(CC)c1CC. The molecule has 0 amide bonds. The number of H-pyrrole nitrogens is 1. The second-order valence-electron chi connectivity index (χ2n) is 3.03. The number of aromatic amines is 1. The van der Waals surface area contributed by atoms with Crippen molar-refractivity contribution in [3.63, 3.8) is 0 Å². The van der Waals surface area contributed by atoms with Crippen molar-refractivity contribution in [1.29, 1.82) is 0 Å². The van der Waals surface area contributed by atoms with Gasteiger partial charge in [0.05, 0.1) is 0 Å². The van der Waals surface area contributed by atoms with Crippen LogP contribution in [-0.4, -0.2) is 12.8 Å². The molecule has 0 aliphatic rings. The van der Waals surface area contributed by atoms with E-state index in [1.54, 1.807) is 0 Å². The normalized spacial score (nSPS) is 10.6. The Kier molecular flexibility index (Phi) is 3.02. The average Bonchev–Trinajstić information content (AvgIpc) is 2.40. The standard InChI is InChI=1S/C10H16BN/c1-4-7-8(5-2)10(11)12-9(7)6-3/h12H,4-6H2,1-3H3. The van der Waals surface area contributed by atoms with Crippen LogP contribution >= 0.6 is 0 Å². The van der Waals surface area contributed by atoms with Crippen LogP contribution in [0.2, 0.25) is 0 Å². The molecule has 0 aliphatic heterocycles. The fraction of sp³-hybridized carbons (Fsp3) is 0.600. The third-order valence-electron chi connectivity index (χ3n) is 2.40. The Labute approximate surface area is 76.0 Å². The van der Waals surface area contributed by atoms with Crippen molar-refractivity contribution in [2.45, 2.75) is 40.0 Å². The van der Waals surface area contributed by atoms with Gasteiger partial charge in [-0.2, -0.15) is 0 Å². The number of hydrogen-bond donors (Lipinski definition) is 1. The number of hydrogen-bond acceptors (Lipinski definition) is 0. The molecule has 0 unspecified atom stereocenters. The van der Waals surface area contributed by atoms with Gasteiger partial charge in [0.25, 0.3) is 0 Å². The zero-order valence-electron chi connectivity index (χ0n) is 8.20. The van der Waals surface area contributed by atoms with Gasteiger partial charge in [-0.15, -0.1) is 0 Å². The summed E-state index contributed by atoms with van der Waals surface area (Å²) in [4.78, 5) is 3.24.